The van der Waals surface area contributed by atoms with Crippen LogP contribution in [0.25, 0.3) is 32.9 Å². The largest absolute Gasteiger partial charge is 0.461 e. The van der Waals surface area contributed by atoms with Gasteiger partial charge in [-0.1, -0.05) is 30.2 Å². The monoisotopic (exact) mass is 704 g/mol. The molecule has 13 heteroatoms. The van der Waals surface area contributed by atoms with E-state index >= 15 is 8.78 Å². The number of terminal acetylenes is 1. The van der Waals surface area contributed by atoms with Crippen LogP contribution < -0.4 is 15.0 Å². The van der Waals surface area contributed by atoms with Gasteiger partial charge in [-0.05, 0) is 69.4 Å². The Balaban J connectivity index is 1.13. The van der Waals surface area contributed by atoms with Crippen LogP contribution in [0.3, 0.4) is 0 Å². The predicted molar refractivity (Wildman–Crippen MR) is 182 cm³/mol. The summed E-state index contributed by atoms with van der Waals surface area (Å²) >= 11 is 0. The van der Waals surface area contributed by atoms with Crippen LogP contribution in [0.2, 0.25) is 0 Å². The molecule has 7 heterocycles. The van der Waals surface area contributed by atoms with Crippen molar-refractivity contribution in [2.75, 3.05) is 37.8 Å². The number of halogens is 5. The molecular weight excluding hydrogens is 667 g/mol. The maximum atomic E-state index is 17.2. The molecule has 4 fully saturated rings. The summed E-state index contributed by atoms with van der Waals surface area (Å²) in [6.07, 6.45) is 7.95. The Morgan fingerprint density at radius 3 is 2.75 bits per heavy atom. The van der Waals surface area contributed by atoms with Crippen LogP contribution in [0, 0.1) is 24.0 Å². The summed E-state index contributed by atoms with van der Waals surface area (Å²) < 4.78 is 82.1. The van der Waals surface area contributed by atoms with Crippen molar-refractivity contribution in [1.29, 1.82) is 0 Å². The molecule has 5 atom stereocenters. The molecule has 2 bridgehead atoms. The van der Waals surface area contributed by atoms with E-state index in [2.05, 4.69) is 21.0 Å². The average Bonchev–Trinajstić information content (AvgIpc) is 3.78. The third-order valence-electron chi connectivity index (χ3n) is 11.8. The van der Waals surface area contributed by atoms with Crippen LogP contribution in [0.4, 0.5) is 27.8 Å². The topological polar surface area (TPSA) is 75.6 Å². The summed E-state index contributed by atoms with van der Waals surface area (Å²) in [6, 6.07) is 8.78. The number of aryl methyl sites for hydroxylation is 1. The minimum absolute atomic E-state index is 0.00613. The van der Waals surface area contributed by atoms with E-state index in [1.807, 2.05) is 0 Å². The van der Waals surface area contributed by atoms with Gasteiger partial charge in [-0.25, -0.2) is 13.8 Å². The molecular formula is C38H37F5N6O2. The first kappa shape index (κ1) is 32.8. The van der Waals surface area contributed by atoms with Crippen molar-refractivity contribution in [3.8, 4) is 29.6 Å². The summed E-state index contributed by atoms with van der Waals surface area (Å²) in [4.78, 5) is 19.2. The first-order chi connectivity index (χ1) is 24.6. The maximum absolute atomic E-state index is 17.2. The molecule has 5 aliphatic rings. The molecule has 266 valence electrons. The van der Waals surface area contributed by atoms with E-state index in [0.717, 1.165) is 45.1 Å². The molecule has 2 aromatic heterocycles. The highest BCUT2D eigenvalue weighted by atomic mass is 19.4. The van der Waals surface area contributed by atoms with Crippen molar-refractivity contribution in [3.63, 3.8) is 0 Å². The number of hydrogen-bond donors (Lipinski definition) is 1. The van der Waals surface area contributed by atoms with Crippen LogP contribution in [-0.2, 0) is 11.2 Å². The molecule has 9 rings (SSSR count). The highest BCUT2D eigenvalue weighted by Gasteiger charge is 2.50. The van der Waals surface area contributed by atoms with Crippen LogP contribution in [-0.4, -0.2) is 88.6 Å². The second-order valence-electron chi connectivity index (χ2n) is 14.7. The predicted octanol–water partition coefficient (Wildman–Crippen LogP) is 6.31. The normalized spacial score (nSPS) is 27.1. The molecule has 0 saturated carbocycles. The minimum Gasteiger partial charge on any atom is -0.461 e. The first-order valence-corrected chi connectivity index (χ1v) is 17.8. The van der Waals surface area contributed by atoms with E-state index in [1.54, 1.807) is 24.3 Å². The standard InChI is InChI=1S/C38H37F5N6O2/c1-2-24-26(39)9-7-21-5-3-6-25(30(21)24)33-32(40)34-31-28(45-33)11-12-29-27-10-8-22(44-27)17-48(29)35(31)47-36(46-34)51-19-37-14-4-16-49(37)23(13-15-37)18-50-20-38(41,42)43/h1,3,5-7,9,22-23,27,29,44H,4,8,10-20H2/t22-,23+,27+,29-,37+/m1/s1. The van der Waals surface area contributed by atoms with Crippen molar-refractivity contribution in [2.24, 2.45) is 0 Å². The van der Waals surface area contributed by atoms with E-state index in [-0.39, 0.29) is 60.2 Å². The number of aromatic nitrogens is 3. The first-order valence-electron chi connectivity index (χ1n) is 17.8. The summed E-state index contributed by atoms with van der Waals surface area (Å²) in [6.45, 7) is 0.376. The fourth-order valence-electron chi connectivity index (χ4n) is 9.60. The molecule has 2 aromatic carbocycles. The van der Waals surface area contributed by atoms with Gasteiger partial charge in [-0.3, -0.25) is 4.90 Å². The number of ether oxygens (including phenoxy) is 2. The number of piperazine rings is 1. The van der Waals surface area contributed by atoms with Crippen molar-refractivity contribution in [3.05, 3.63) is 53.2 Å². The lowest BCUT2D eigenvalue weighted by Crippen LogP contribution is -2.58. The van der Waals surface area contributed by atoms with Crippen LogP contribution >= 0.6 is 0 Å². The highest BCUT2D eigenvalue weighted by molar-refractivity contribution is 6.02. The minimum atomic E-state index is -4.38. The quantitative estimate of drug-likeness (QED) is 0.177. The fraction of sp³-hybridized carbons (Fsp3) is 0.500. The van der Waals surface area contributed by atoms with Gasteiger partial charge in [0.15, 0.2) is 5.82 Å². The van der Waals surface area contributed by atoms with Crippen LogP contribution in [0.15, 0.2) is 30.3 Å². The molecule has 0 radical (unpaired) electrons. The molecule has 0 aliphatic carbocycles. The number of nitrogens with one attached hydrogen (secondary N) is 1. The lowest BCUT2D eigenvalue weighted by Gasteiger charge is -2.41. The maximum Gasteiger partial charge on any atom is 0.411 e. The number of benzene rings is 2. The summed E-state index contributed by atoms with van der Waals surface area (Å²) in [5.74, 6) is 1.82. The van der Waals surface area contributed by atoms with Gasteiger partial charge in [-0.15, -0.1) is 6.42 Å². The number of pyridine rings is 1. The number of nitrogens with zero attached hydrogens (tertiary/aromatic N) is 5. The van der Waals surface area contributed by atoms with Gasteiger partial charge < -0.3 is 19.7 Å². The summed E-state index contributed by atoms with van der Waals surface area (Å²) in [7, 11) is 0. The summed E-state index contributed by atoms with van der Waals surface area (Å²) in [5.41, 5.74) is 0.816. The van der Waals surface area contributed by atoms with Gasteiger partial charge in [0.2, 0.25) is 0 Å². The molecule has 0 spiro atoms. The van der Waals surface area contributed by atoms with Crippen molar-refractivity contribution in [2.45, 2.75) is 87.2 Å². The zero-order valence-corrected chi connectivity index (χ0v) is 27.9. The Morgan fingerprint density at radius 1 is 1.02 bits per heavy atom. The third-order valence-corrected chi connectivity index (χ3v) is 11.8. The molecule has 4 saturated heterocycles. The zero-order valence-electron chi connectivity index (χ0n) is 27.9. The SMILES string of the molecule is C#Cc1c(F)ccc2cccc(-c3nc4c5c(nc(OC[C@@]67CCCN6[C@H](COCC(F)(F)F)CC7)nc5c3F)N3C[C@H]5CC[C@H](N5)[C@H]3CC4)c12. The van der Waals surface area contributed by atoms with E-state index in [0.29, 0.717) is 52.6 Å². The van der Waals surface area contributed by atoms with Crippen LogP contribution in [0.5, 0.6) is 6.01 Å². The Hall–Kier alpha value is -4.12. The molecule has 8 nitrogen and oxygen atoms in total. The molecule has 1 N–H and O–H groups in total. The van der Waals surface area contributed by atoms with Crippen molar-refractivity contribution in [1.82, 2.24) is 25.2 Å². The highest BCUT2D eigenvalue weighted by Crippen LogP contribution is 2.45. The van der Waals surface area contributed by atoms with Gasteiger partial charge in [0, 0.05) is 41.7 Å². The molecule has 0 amide bonds. The average molecular weight is 705 g/mol. The number of rotatable bonds is 7. The number of fused-ring (bicyclic) bond motifs is 7. The second kappa shape index (κ2) is 12.2. The van der Waals surface area contributed by atoms with Crippen molar-refractivity contribution >= 4 is 27.5 Å². The van der Waals surface area contributed by atoms with Gasteiger partial charge >= 0.3 is 12.2 Å². The number of alkyl halides is 3. The van der Waals surface area contributed by atoms with Crippen LogP contribution in [0.1, 0.15) is 56.2 Å². The fourth-order valence-corrected chi connectivity index (χ4v) is 9.60. The number of anilines is 1. The van der Waals surface area contributed by atoms with Gasteiger partial charge in [0.25, 0.3) is 0 Å². The molecule has 51 heavy (non-hydrogen) atoms. The van der Waals surface area contributed by atoms with Crippen molar-refractivity contribution < 1.29 is 31.4 Å². The smallest absolute Gasteiger partial charge is 0.411 e. The van der Waals surface area contributed by atoms with E-state index < -0.39 is 30.0 Å². The third kappa shape index (κ3) is 5.49. The van der Waals surface area contributed by atoms with E-state index in [1.165, 1.54) is 6.07 Å². The Labute approximate surface area is 291 Å². The Bertz CT molecular complexity index is 2090. The second-order valence-corrected chi connectivity index (χ2v) is 14.7. The Kier molecular flexibility index (Phi) is 7.87. The van der Waals surface area contributed by atoms with E-state index in [9.17, 15) is 13.2 Å². The lowest BCUT2D eigenvalue weighted by molar-refractivity contribution is -0.177. The lowest BCUT2D eigenvalue weighted by atomic mass is 9.95. The molecule has 0 unspecified atom stereocenters. The van der Waals surface area contributed by atoms with E-state index in [4.69, 9.17) is 30.8 Å². The summed E-state index contributed by atoms with van der Waals surface area (Å²) in [5, 5.41) is 5.38. The molecule has 5 aliphatic heterocycles. The Morgan fingerprint density at radius 2 is 1.90 bits per heavy atom. The zero-order chi connectivity index (χ0) is 35.1. The van der Waals surface area contributed by atoms with Gasteiger partial charge in [0.1, 0.15) is 36.1 Å². The van der Waals surface area contributed by atoms with Gasteiger partial charge in [0.05, 0.1) is 28.8 Å². The van der Waals surface area contributed by atoms with Gasteiger partial charge in [-0.2, -0.15) is 23.1 Å². The number of hydrogen-bond acceptors (Lipinski definition) is 8. The molecule has 4 aromatic rings.